The van der Waals surface area contributed by atoms with Crippen molar-refractivity contribution in [2.75, 3.05) is 20.1 Å². The second-order valence-corrected chi connectivity index (χ2v) is 7.21. The predicted molar refractivity (Wildman–Crippen MR) is 102 cm³/mol. The van der Waals surface area contributed by atoms with Crippen molar-refractivity contribution >= 4 is 11.5 Å². The summed E-state index contributed by atoms with van der Waals surface area (Å²) >= 11 is 0. The van der Waals surface area contributed by atoms with E-state index in [-0.39, 0.29) is 5.97 Å². The molecule has 1 aliphatic heterocycles. The van der Waals surface area contributed by atoms with E-state index in [9.17, 15) is 4.79 Å². The molecule has 1 aromatic heterocycles. The first kappa shape index (κ1) is 17.0. The molecule has 1 fully saturated rings. The lowest BCUT2D eigenvalue weighted by Crippen LogP contribution is -2.27. The van der Waals surface area contributed by atoms with Crippen LogP contribution < -0.4 is 4.74 Å². The number of pyridine rings is 1. The Morgan fingerprint density at radius 1 is 1.08 bits per heavy atom. The molecule has 2 heterocycles. The Balaban J connectivity index is 1.86. The Hall–Kier alpha value is -2.46. The Morgan fingerprint density at radius 3 is 2.62 bits per heavy atom. The van der Waals surface area contributed by atoms with E-state index in [1.165, 1.54) is 34.8 Å². The maximum absolute atomic E-state index is 11.3. The Bertz CT molecular complexity index is 875. The fourth-order valence-corrected chi connectivity index (χ4v) is 4.01. The molecule has 0 amide bonds. The number of hydrogen-bond donors (Lipinski definition) is 0. The van der Waals surface area contributed by atoms with Crippen LogP contribution in [0.5, 0.6) is 5.75 Å². The van der Waals surface area contributed by atoms with Crippen molar-refractivity contribution in [2.24, 2.45) is 0 Å². The standard InChI is InChI=1S/C22H24N2O2/c1-15(25)26-19-7-8-20-18(14-19)6-5-17-4-3-11-23-22(17)21(20)16-9-12-24(2)13-10-16/h3-4,7-8,11,14H,5-6,9-10,12-13H2,1-2H3. The zero-order valence-electron chi connectivity index (χ0n) is 15.4. The number of ether oxygens (including phenoxy) is 1. The van der Waals surface area contributed by atoms with Crippen LogP contribution in [0.3, 0.4) is 0 Å². The molecule has 0 atom stereocenters. The molecule has 2 aliphatic rings. The first-order chi connectivity index (χ1) is 12.6. The van der Waals surface area contributed by atoms with Gasteiger partial charge in [0.25, 0.3) is 0 Å². The van der Waals surface area contributed by atoms with Crippen LogP contribution in [0, 0.1) is 0 Å². The highest BCUT2D eigenvalue weighted by Gasteiger charge is 2.24. The van der Waals surface area contributed by atoms with Crippen molar-refractivity contribution in [3.05, 3.63) is 64.5 Å². The van der Waals surface area contributed by atoms with Crippen LogP contribution in [-0.4, -0.2) is 36.0 Å². The van der Waals surface area contributed by atoms with E-state index in [1.54, 1.807) is 0 Å². The molecule has 2 aromatic rings. The highest BCUT2D eigenvalue weighted by Crippen LogP contribution is 2.38. The molecule has 0 saturated carbocycles. The lowest BCUT2D eigenvalue weighted by molar-refractivity contribution is -0.131. The maximum Gasteiger partial charge on any atom is 0.308 e. The molecule has 1 aromatic carbocycles. The zero-order chi connectivity index (χ0) is 18.1. The summed E-state index contributed by atoms with van der Waals surface area (Å²) < 4.78 is 5.32. The Kier molecular flexibility index (Phi) is 4.60. The van der Waals surface area contributed by atoms with Crippen LogP contribution in [-0.2, 0) is 17.6 Å². The Morgan fingerprint density at radius 2 is 1.85 bits per heavy atom. The molecule has 1 saturated heterocycles. The van der Waals surface area contributed by atoms with Gasteiger partial charge in [0.2, 0.25) is 0 Å². The summed E-state index contributed by atoms with van der Waals surface area (Å²) in [4.78, 5) is 18.5. The number of hydrogen-bond acceptors (Lipinski definition) is 4. The molecular weight excluding hydrogens is 324 g/mol. The number of carbonyl (C=O) groups excluding carboxylic acids is 1. The summed E-state index contributed by atoms with van der Waals surface area (Å²) in [6.45, 7) is 3.61. The van der Waals surface area contributed by atoms with Crippen molar-refractivity contribution < 1.29 is 9.53 Å². The van der Waals surface area contributed by atoms with E-state index in [0.717, 1.165) is 44.5 Å². The van der Waals surface area contributed by atoms with Crippen LogP contribution in [0.4, 0.5) is 0 Å². The molecule has 0 N–H and O–H groups in total. The van der Waals surface area contributed by atoms with E-state index in [0.29, 0.717) is 5.75 Å². The fourth-order valence-electron chi connectivity index (χ4n) is 4.01. The first-order valence-electron chi connectivity index (χ1n) is 9.28. The third-order valence-corrected chi connectivity index (χ3v) is 5.34. The largest absolute Gasteiger partial charge is 0.427 e. The molecule has 0 bridgehead atoms. The Labute approximate surface area is 154 Å². The lowest BCUT2D eigenvalue weighted by Gasteiger charge is -2.27. The van der Waals surface area contributed by atoms with Crippen LogP contribution in [0.1, 0.15) is 42.1 Å². The van der Waals surface area contributed by atoms with Crippen molar-refractivity contribution in [3.63, 3.8) is 0 Å². The molecule has 0 radical (unpaired) electrons. The van der Waals surface area contributed by atoms with Gasteiger partial charge >= 0.3 is 5.97 Å². The molecule has 0 unspecified atom stereocenters. The molecule has 134 valence electrons. The molecule has 4 nitrogen and oxygen atoms in total. The van der Waals surface area contributed by atoms with Crippen LogP contribution >= 0.6 is 0 Å². The summed E-state index contributed by atoms with van der Waals surface area (Å²) in [7, 11) is 2.18. The quantitative estimate of drug-likeness (QED) is 0.583. The van der Waals surface area contributed by atoms with Gasteiger partial charge in [-0.25, -0.2) is 0 Å². The normalized spacial score (nSPS) is 17.3. The molecule has 4 rings (SSSR count). The van der Waals surface area contributed by atoms with Crippen LogP contribution in [0.15, 0.2) is 42.1 Å². The minimum absolute atomic E-state index is 0.280. The number of esters is 1. The monoisotopic (exact) mass is 348 g/mol. The summed E-state index contributed by atoms with van der Waals surface area (Å²) in [5.41, 5.74) is 7.72. The number of piperidine rings is 1. The van der Waals surface area contributed by atoms with Gasteiger partial charge in [-0.2, -0.15) is 0 Å². The van der Waals surface area contributed by atoms with Gasteiger partial charge in [-0.1, -0.05) is 17.7 Å². The van der Waals surface area contributed by atoms with Gasteiger partial charge in [0.15, 0.2) is 0 Å². The molecule has 4 heteroatoms. The first-order valence-corrected chi connectivity index (χ1v) is 9.28. The van der Waals surface area contributed by atoms with Gasteiger partial charge in [0, 0.05) is 31.8 Å². The van der Waals surface area contributed by atoms with Gasteiger partial charge in [0.1, 0.15) is 5.75 Å². The van der Waals surface area contributed by atoms with Crippen molar-refractivity contribution in [1.29, 1.82) is 0 Å². The molecule has 1 aliphatic carbocycles. The van der Waals surface area contributed by atoms with E-state index in [4.69, 9.17) is 9.72 Å². The topological polar surface area (TPSA) is 42.4 Å². The van der Waals surface area contributed by atoms with E-state index in [1.807, 2.05) is 24.4 Å². The number of likely N-dealkylation sites (tertiary alicyclic amines) is 1. The van der Waals surface area contributed by atoms with Crippen molar-refractivity contribution in [1.82, 2.24) is 9.88 Å². The number of nitrogens with zero attached hydrogens (tertiary/aromatic N) is 2. The zero-order valence-corrected chi connectivity index (χ0v) is 15.4. The van der Waals surface area contributed by atoms with Gasteiger partial charge in [0.05, 0.1) is 5.69 Å². The summed E-state index contributed by atoms with van der Waals surface area (Å²) in [5, 5.41) is 0. The van der Waals surface area contributed by atoms with Crippen LogP contribution in [0.2, 0.25) is 0 Å². The lowest BCUT2D eigenvalue weighted by atomic mass is 9.88. The highest BCUT2D eigenvalue weighted by molar-refractivity contribution is 5.85. The SMILES string of the molecule is CC(=O)Oc1ccc2c(c1)CCc1cccnc1C2=C1CCN(C)CC1. The second-order valence-electron chi connectivity index (χ2n) is 7.21. The third-order valence-electron chi connectivity index (χ3n) is 5.34. The van der Waals surface area contributed by atoms with Crippen molar-refractivity contribution in [2.45, 2.75) is 32.6 Å². The minimum Gasteiger partial charge on any atom is -0.427 e. The fraction of sp³-hybridized carbons (Fsp3) is 0.364. The summed E-state index contributed by atoms with van der Waals surface area (Å²) in [5.74, 6) is 0.348. The van der Waals surface area contributed by atoms with Gasteiger partial charge in [-0.05, 0) is 67.6 Å². The molecule has 0 spiro atoms. The van der Waals surface area contributed by atoms with Crippen molar-refractivity contribution in [3.8, 4) is 5.75 Å². The van der Waals surface area contributed by atoms with E-state index in [2.05, 4.69) is 24.1 Å². The number of carbonyl (C=O) groups is 1. The maximum atomic E-state index is 11.3. The summed E-state index contributed by atoms with van der Waals surface area (Å²) in [6.07, 6.45) is 5.93. The minimum atomic E-state index is -0.280. The van der Waals surface area contributed by atoms with Gasteiger partial charge < -0.3 is 9.64 Å². The number of benzene rings is 1. The second kappa shape index (κ2) is 7.04. The van der Waals surface area contributed by atoms with Gasteiger partial charge in [-0.3, -0.25) is 9.78 Å². The predicted octanol–water partition coefficient (Wildman–Crippen LogP) is 3.63. The molecule has 26 heavy (non-hydrogen) atoms. The average Bonchev–Trinajstić information content (AvgIpc) is 2.79. The average molecular weight is 348 g/mol. The number of fused-ring (bicyclic) bond motifs is 2. The highest BCUT2D eigenvalue weighted by atomic mass is 16.5. The van der Waals surface area contributed by atoms with Gasteiger partial charge in [-0.15, -0.1) is 0 Å². The number of rotatable bonds is 1. The smallest absolute Gasteiger partial charge is 0.308 e. The summed E-state index contributed by atoms with van der Waals surface area (Å²) in [6, 6.07) is 10.3. The number of aromatic nitrogens is 1. The number of aryl methyl sites for hydroxylation is 2. The van der Waals surface area contributed by atoms with E-state index < -0.39 is 0 Å². The third kappa shape index (κ3) is 3.29. The molecular formula is C22H24N2O2. The van der Waals surface area contributed by atoms with Crippen LogP contribution in [0.25, 0.3) is 5.57 Å². The van der Waals surface area contributed by atoms with E-state index >= 15 is 0 Å².